The van der Waals surface area contributed by atoms with Crippen molar-refractivity contribution in [2.75, 3.05) is 13.7 Å². The van der Waals surface area contributed by atoms with Crippen LogP contribution in [-0.4, -0.2) is 18.8 Å². The average molecular weight is 212 g/mol. The number of hydrogen-bond acceptors (Lipinski definition) is 4. The van der Waals surface area contributed by atoms with Crippen molar-refractivity contribution in [2.45, 2.75) is 17.4 Å². The molecular formula is C10H12O3S. The summed E-state index contributed by atoms with van der Waals surface area (Å²) in [7, 11) is 1.61. The lowest BCUT2D eigenvalue weighted by atomic mass is 10.0. The second-order valence-electron chi connectivity index (χ2n) is 3.08. The predicted octanol–water partition coefficient (Wildman–Crippen LogP) is 2.16. The number of benzene rings is 1. The van der Waals surface area contributed by atoms with Crippen molar-refractivity contribution >= 4 is 12.0 Å². The molecule has 1 aliphatic heterocycles. The predicted molar refractivity (Wildman–Crippen MR) is 54.4 cm³/mol. The molecule has 4 heteroatoms. The molecule has 0 spiro atoms. The molecule has 1 aromatic rings. The Bertz CT molecular complexity index is 327. The van der Waals surface area contributed by atoms with Crippen molar-refractivity contribution in [3.05, 3.63) is 23.8 Å². The van der Waals surface area contributed by atoms with Gasteiger partial charge in [-0.3, -0.25) is 0 Å². The molecule has 0 saturated carbocycles. The van der Waals surface area contributed by atoms with Gasteiger partial charge in [0.05, 0.1) is 24.7 Å². The van der Waals surface area contributed by atoms with Crippen LogP contribution >= 0.6 is 12.0 Å². The number of fused-ring (bicyclic) bond motifs is 1. The van der Waals surface area contributed by atoms with E-state index in [0.29, 0.717) is 13.0 Å². The van der Waals surface area contributed by atoms with Crippen molar-refractivity contribution < 1.29 is 14.0 Å². The zero-order valence-electron chi connectivity index (χ0n) is 7.90. The van der Waals surface area contributed by atoms with E-state index in [0.717, 1.165) is 16.2 Å². The molecule has 1 atom stereocenters. The Morgan fingerprint density at radius 3 is 3.21 bits per heavy atom. The van der Waals surface area contributed by atoms with E-state index in [2.05, 4.69) is 0 Å². The molecule has 0 fully saturated rings. The van der Waals surface area contributed by atoms with Gasteiger partial charge in [-0.2, -0.15) is 0 Å². The lowest BCUT2D eigenvalue weighted by Gasteiger charge is -2.23. The minimum absolute atomic E-state index is 0.406. The zero-order valence-corrected chi connectivity index (χ0v) is 8.71. The maximum Gasteiger partial charge on any atom is 0.140 e. The van der Waals surface area contributed by atoms with Crippen molar-refractivity contribution in [1.82, 2.24) is 0 Å². The summed E-state index contributed by atoms with van der Waals surface area (Å²) >= 11 is 1.26. The van der Waals surface area contributed by atoms with E-state index in [-0.39, 0.29) is 0 Å². The molecule has 76 valence electrons. The van der Waals surface area contributed by atoms with Gasteiger partial charge in [-0.1, -0.05) is 12.1 Å². The quantitative estimate of drug-likeness (QED) is 0.762. The number of aliphatic hydroxyl groups is 1. The molecule has 1 unspecified atom stereocenters. The Morgan fingerprint density at radius 2 is 2.43 bits per heavy atom. The summed E-state index contributed by atoms with van der Waals surface area (Å²) in [6.07, 6.45) is 0.254. The van der Waals surface area contributed by atoms with Crippen LogP contribution in [-0.2, 0) is 4.18 Å². The van der Waals surface area contributed by atoms with E-state index in [4.69, 9.17) is 8.92 Å². The van der Waals surface area contributed by atoms with Crippen molar-refractivity contribution in [3.63, 3.8) is 0 Å². The molecule has 0 amide bonds. The van der Waals surface area contributed by atoms with E-state index in [9.17, 15) is 5.11 Å². The van der Waals surface area contributed by atoms with Gasteiger partial charge in [0.25, 0.3) is 0 Å². The Morgan fingerprint density at radius 1 is 1.57 bits per heavy atom. The van der Waals surface area contributed by atoms with E-state index < -0.39 is 6.10 Å². The third-order valence-electron chi connectivity index (χ3n) is 2.18. The topological polar surface area (TPSA) is 38.7 Å². The van der Waals surface area contributed by atoms with Crippen LogP contribution in [0.1, 0.15) is 18.1 Å². The van der Waals surface area contributed by atoms with Crippen LogP contribution in [0, 0.1) is 0 Å². The molecule has 0 aliphatic carbocycles. The summed E-state index contributed by atoms with van der Waals surface area (Å²) in [4.78, 5) is 0.920. The maximum absolute atomic E-state index is 9.72. The van der Waals surface area contributed by atoms with E-state index in [1.165, 1.54) is 12.0 Å². The number of rotatable bonds is 2. The molecule has 3 nitrogen and oxygen atoms in total. The highest BCUT2D eigenvalue weighted by Crippen LogP contribution is 2.39. The van der Waals surface area contributed by atoms with E-state index in [1.54, 1.807) is 7.11 Å². The van der Waals surface area contributed by atoms with Crippen molar-refractivity contribution in [1.29, 1.82) is 0 Å². The van der Waals surface area contributed by atoms with Gasteiger partial charge in [-0.25, -0.2) is 0 Å². The SMILES string of the molecule is COSc1cccc2c1OCCC2O. The molecule has 0 saturated heterocycles. The zero-order chi connectivity index (χ0) is 9.97. The summed E-state index contributed by atoms with van der Waals surface area (Å²) in [6.45, 7) is 0.565. The van der Waals surface area contributed by atoms with Gasteiger partial charge in [-0.05, 0) is 6.07 Å². The Hall–Kier alpha value is -0.710. The number of hydrogen-bond donors (Lipinski definition) is 1. The van der Waals surface area contributed by atoms with Crippen LogP contribution in [0.25, 0.3) is 0 Å². The van der Waals surface area contributed by atoms with Crippen LogP contribution < -0.4 is 4.74 Å². The minimum Gasteiger partial charge on any atom is -0.492 e. The highest BCUT2D eigenvalue weighted by molar-refractivity contribution is 7.94. The van der Waals surface area contributed by atoms with E-state index in [1.807, 2.05) is 18.2 Å². The van der Waals surface area contributed by atoms with Gasteiger partial charge in [0.15, 0.2) is 0 Å². The summed E-state index contributed by atoms with van der Waals surface area (Å²) in [5.41, 5.74) is 0.860. The molecule has 1 aromatic carbocycles. The summed E-state index contributed by atoms with van der Waals surface area (Å²) in [5.74, 6) is 0.762. The first-order valence-electron chi connectivity index (χ1n) is 4.47. The monoisotopic (exact) mass is 212 g/mol. The molecule has 0 radical (unpaired) electrons. The van der Waals surface area contributed by atoms with Crippen molar-refractivity contribution in [2.24, 2.45) is 0 Å². The Balaban J connectivity index is 2.39. The minimum atomic E-state index is -0.406. The number of aliphatic hydroxyl groups excluding tert-OH is 1. The van der Waals surface area contributed by atoms with Gasteiger partial charge < -0.3 is 14.0 Å². The second kappa shape index (κ2) is 4.21. The maximum atomic E-state index is 9.72. The van der Waals surface area contributed by atoms with Gasteiger partial charge in [-0.15, -0.1) is 0 Å². The van der Waals surface area contributed by atoms with E-state index >= 15 is 0 Å². The summed E-state index contributed by atoms with van der Waals surface area (Å²) in [6, 6.07) is 5.71. The summed E-state index contributed by atoms with van der Waals surface area (Å²) in [5, 5.41) is 9.72. The molecule has 14 heavy (non-hydrogen) atoms. The summed E-state index contributed by atoms with van der Waals surface area (Å²) < 4.78 is 10.5. The Labute approximate surface area is 87.2 Å². The van der Waals surface area contributed by atoms with Crippen LogP contribution in [0.15, 0.2) is 23.1 Å². The fourth-order valence-corrected chi connectivity index (χ4v) is 2.10. The van der Waals surface area contributed by atoms with Gasteiger partial charge in [0.1, 0.15) is 5.75 Å². The number of para-hydroxylation sites is 1. The molecule has 1 heterocycles. The highest BCUT2D eigenvalue weighted by atomic mass is 32.2. The van der Waals surface area contributed by atoms with Gasteiger partial charge >= 0.3 is 0 Å². The lowest BCUT2D eigenvalue weighted by Crippen LogP contribution is -2.14. The largest absolute Gasteiger partial charge is 0.492 e. The third-order valence-corrected chi connectivity index (χ3v) is 2.85. The first-order chi connectivity index (χ1) is 6.83. The normalized spacial score (nSPS) is 20.0. The van der Waals surface area contributed by atoms with Crippen LogP contribution in [0.3, 0.4) is 0 Å². The standard InChI is InChI=1S/C10H12O3S/c1-12-14-9-4-2-3-7-8(11)5-6-13-10(7)9/h2-4,8,11H,5-6H2,1H3. The van der Waals surface area contributed by atoms with Gasteiger partial charge in [0, 0.05) is 24.0 Å². The lowest BCUT2D eigenvalue weighted by molar-refractivity contribution is 0.113. The molecule has 0 aromatic heterocycles. The number of ether oxygens (including phenoxy) is 1. The average Bonchev–Trinajstić information content (AvgIpc) is 2.20. The van der Waals surface area contributed by atoms with Crippen LogP contribution in [0.5, 0.6) is 5.75 Å². The molecule has 0 bridgehead atoms. The van der Waals surface area contributed by atoms with Crippen LogP contribution in [0.4, 0.5) is 0 Å². The molecule has 1 N–H and O–H groups in total. The fourth-order valence-electron chi connectivity index (χ4n) is 1.53. The Kier molecular flexibility index (Phi) is 2.96. The molecular weight excluding hydrogens is 200 g/mol. The second-order valence-corrected chi connectivity index (χ2v) is 4.02. The van der Waals surface area contributed by atoms with Crippen LogP contribution in [0.2, 0.25) is 0 Å². The van der Waals surface area contributed by atoms with Crippen molar-refractivity contribution in [3.8, 4) is 5.75 Å². The highest BCUT2D eigenvalue weighted by Gasteiger charge is 2.21. The first-order valence-corrected chi connectivity index (χ1v) is 5.21. The third kappa shape index (κ3) is 1.73. The first kappa shape index (κ1) is 9.83. The fraction of sp³-hybridized carbons (Fsp3) is 0.400. The van der Waals surface area contributed by atoms with Gasteiger partial charge in [0.2, 0.25) is 0 Å². The smallest absolute Gasteiger partial charge is 0.140 e. The molecule has 2 rings (SSSR count). The molecule has 1 aliphatic rings.